The first-order valence-electron chi connectivity index (χ1n) is 10.5. The first-order chi connectivity index (χ1) is 14.6. The van der Waals surface area contributed by atoms with E-state index < -0.39 is 0 Å². The van der Waals surface area contributed by atoms with Gasteiger partial charge in [-0.25, -0.2) is 4.79 Å². The van der Waals surface area contributed by atoms with E-state index in [2.05, 4.69) is 11.9 Å². The fraction of sp³-hybridized carbons (Fsp3) is 0.400. The van der Waals surface area contributed by atoms with E-state index in [0.717, 1.165) is 35.5 Å². The van der Waals surface area contributed by atoms with Gasteiger partial charge in [-0.15, -0.1) is 0 Å². The van der Waals surface area contributed by atoms with Crippen molar-refractivity contribution in [3.05, 3.63) is 59.7 Å². The first kappa shape index (κ1) is 20.5. The number of carbonyl (C=O) groups excluding carboxylic acids is 1. The number of benzene rings is 2. The number of hydrogen-bond acceptors (Lipinski definition) is 5. The molecule has 2 heterocycles. The third kappa shape index (κ3) is 4.36. The van der Waals surface area contributed by atoms with Crippen LogP contribution in [0.4, 0.5) is 0 Å². The number of methoxy groups -OCH3 is 2. The number of nitrogens with zero attached hydrogens (tertiary/aromatic N) is 1. The Bertz CT molecular complexity index is 890. The molecule has 0 aromatic heterocycles. The molecule has 0 amide bonds. The molecule has 2 fully saturated rings. The number of fused-ring (bicyclic) bond motifs is 2. The molecule has 0 saturated carbocycles. The van der Waals surface area contributed by atoms with Crippen LogP contribution in [0.15, 0.2) is 48.5 Å². The molecule has 5 heteroatoms. The smallest absolute Gasteiger partial charge is 0.339 e. The van der Waals surface area contributed by atoms with Crippen LogP contribution in [0.2, 0.25) is 0 Å². The summed E-state index contributed by atoms with van der Waals surface area (Å²) in [5, 5.41) is 0. The van der Waals surface area contributed by atoms with Gasteiger partial charge in [-0.2, -0.15) is 0 Å². The Kier molecular flexibility index (Phi) is 6.09. The van der Waals surface area contributed by atoms with Gasteiger partial charge in [0.1, 0.15) is 17.6 Å². The number of ether oxygens (including phenoxy) is 3. The van der Waals surface area contributed by atoms with Crippen molar-refractivity contribution in [2.75, 3.05) is 21.3 Å². The summed E-state index contributed by atoms with van der Waals surface area (Å²) in [4.78, 5) is 15.7. The van der Waals surface area contributed by atoms with Crippen molar-refractivity contribution in [1.29, 1.82) is 0 Å². The minimum Gasteiger partial charge on any atom is -0.497 e. The second-order valence-corrected chi connectivity index (χ2v) is 8.11. The molecule has 0 N–H and O–H groups in total. The van der Waals surface area contributed by atoms with Crippen LogP contribution in [-0.2, 0) is 9.53 Å². The molecule has 5 nitrogen and oxygen atoms in total. The molecule has 2 aromatic rings. The second kappa shape index (κ2) is 8.92. The average molecular weight is 408 g/mol. The minimum absolute atomic E-state index is 0.0243. The highest BCUT2D eigenvalue weighted by Gasteiger charge is 2.40. The molecule has 4 rings (SSSR count). The van der Waals surface area contributed by atoms with Crippen molar-refractivity contribution >= 4 is 17.6 Å². The van der Waals surface area contributed by atoms with Gasteiger partial charge in [0.2, 0.25) is 0 Å². The van der Waals surface area contributed by atoms with Crippen LogP contribution in [-0.4, -0.2) is 50.3 Å². The minimum atomic E-state index is -0.273. The standard InChI is InChI=1S/C25H29NO4/c1-26-19-8-9-20(26)16-23(15-19)30-25(27)24(18-6-12-22(29-3)13-7-18)14-17-4-10-21(28-2)11-5-17/h4-7,10-14,19-20,23H,8-9,15-16H2,1-3H3/b24-14+/t19-,20+,23?. The van der Waals surface area contributed by atoms with Crippen molar-refractivity contribution in [1.82, 2.24) is 4.90 Å². The third-order valence-electron chi connectivity index (χ3n) is 6.38. The Morgan fingerprint density at radius 1 is 0.900 bits per heavy atom. The first-order valence-corrected chi connectivity index (χ1v) is 10.5. The van der Waals surface area contributed by atoms with Gasteiger partial charge in [0.15, 0.2) is 0 Å². The summed E-state index contributed by atoms with van der Waals surface area (Å²) in [6.07, 6.45) is 6.08. The molecule has 2 aromatic carbocycles. The largest absolute Gasteiger partial charge is 0.497 e. The van der Waals surface area contributed by atoms with Crippen LogP contribution >= 0.6 is 0 Å². The van der Waals surface area contributed by atoms with Crippen LogP contribution in [0.25, 0.3) is 11.6 Å². The monoisotopic (exact) mass is 407 g/mol. The zero-order valence-corrected chi connectivity index (χ0v) is 17.8. The van der Waals surface area contributed by atoms with Crippen LogP contribution < -0.4 is 9.47 Å². The lowest BCUT2D eigenvalue weighted by Gasteiger charge is -2.35. The van der Waals surface area contributed by atoms with Gasteiger partial charge in [0.25, 0.3) is 0 Å². The molecule has 0 radical (unpaired) electrons. The van der Waals surface area contributed by atoms with Crippen LogP contribution in [0.5, 0.6) is 11.5 Å². The number of piperidine rings is 1. The molecule has 0 aliphatic carbocycles. The Hall–Kier alpha value is -2.79. The summed E-state index contributed by atoms with van der Waals surface area (Å²) in [7, 11) is 5.46. The number of carbonyl (C=O) groups is 1. The maximum atomic E-state index is 13.2. The van der Waals surface area contributed by atoms with E-state index in [1.807, 2.05) is 54.6 Å². The van der Waals surface area contributed by atoms with E-state index in [4.69, 9.17) is 14.2 Å². The maximum absolute atomic E-state index is 13.2. The van der Waals surface area contributed by atoms with E-state index >= 15 is 0 Å². The van der Waals surface area contributed by atoms with Crippen molar-refractivity contribution in [2.45, 2.75) is 43.9 Å². The number of hydrogen-bond donors (Lipinski definition) is 0. The molecule has 2 aliphatic rings. The van der Waals surface area contributed by atoms with Gasteiger partial charge >= 0.3 is 5.97 Å². The Morgan fingerprint density at radius 2 is 1.43 bits per heavy atom. The van der Waals surface area contributed by atoms with Crippen molar-refractivity contribution in [3.63, 3.8) is 0 Å². The summed E-state index contributed by atoms with van der Waals surface area (Å²) >= 11 is 0. The lowest BCUT2D eigenvalue weighted by molar-refractivity contribution is -0.144. The maximum Gasteiger partial charge on any atom is 0.339 e. The molecule has 2 saturated heterocycles. The summed E-state index contributed by atoms with van der Waals surface area (Å²) < 4.78 is 16.5. The molecule has 158 valence electrons. The predicted molar refractivity (Wildman–Crippen MR) is 118 cm³/mol. The van der Waals surface area contributed by atoms with Gasteiger partial charge < -0.3 is 19.1 Å². The molecule has 3 atom stereocenters. The molecule has 1 unspecified atom stereocenters. The predicted octanol–water partition coefficient (Wildman–Crippen LogP) is 4.41. The zero-order chi connectivity index (χ0) is 21.1. The number of esters is 1. The van der Waals surface area contributed by atoms with Crippen LogP contribution in [0, 0.1) is 0 Å². The van der Waals surface area contributed by atoms with E-state index in [0.29, 0.717) is 17.7 Å². The van der Waals surface area contributed by atoms with Gasteiger partial charge in [-0.05, 0) is 61.4 Å². The van der Waals surface area contributed by atoms with Crippen molar-refractivity contribution in [2.24, 2.45) is 0 Å². The highest BCUT2D eigenvalue weighted by molar-refractivity contribution is 6.21. The fourth-order valence-electron chi connectivity index (χ4n) is 4.57. The molecular weight excluding hydrogens is 378 g/mol. The highest BCUT2D eigenvalue weighted by Crippen LogP contribution is 2.36. The Morgan fingerprint density at radius 3 is 1.97 bits per heavy atom. The topological polar surface area (TPSA) is 48.0 Å². The molecule has 30 heavy (non-hydrogen) atoms. The molecule has 2 aliphatic heterocycles. The highest BCUT2D eigenvalue weighted by atomic mass is 16.5. The second-order valence-electron chi connectivity index (χ2n) is 8.11. The van der Waals surface area contributed by atoms with E-state index in [1.165, 1.54) is 12.8 Å². The van der Waals surface area contributed by atoms with E-state index in [-0.39, 0.29) is 12.1 Å². The van der Waals surface area contributed by atoms with Gasteiger partial charge in [0.05, 0.1) is 19.8 Å². The van der Waals surface area contributed by atoms with Gasteiger partial charge in [-0.3, -0.25) is 0 Å². The lowest BCUT2D eigenvalue weighted by atomic mass is 9.99. The van der Waals surface area contributed by atoms with Gasteiger partial charge in [-0.1, -0.05) is 24.3 Å². The summed E-state index contributed by atoms with van der Waals surface area (Å²) in [5.41, 5.74) is 2.28. The van der Waals surface area contributed by atoms with Crippen molar-refractivity contribution in [3.8, 4) is 11.5 Å². The fourth-order valence-corrected chi connectivity index (χ4v) is 4.57. The summed E-state index contributed by atoms with van der Waals surface area (Å²) in [6, 6.07) is 16.2. The lowest BCUT2D eigenvalue weighted by Crippen LogP contribution is -2.43. The normalized spacial score (nSPS) is 23.8. The van der Waals surface area contributed by atoms with Crippen LogP contribution in [0.3, 0.4) is 0 Å². The average Bonchev–Trinajstić information content (AvgIpc) is 2.98. The SMILES string of the molecule is COc1ccc(/C=C(/C(=O)OC2C[C@H]3CC[C@@H](C2)N3C)c2ccc(OC)cc2)cc1. The number of rotatable bonds is 6. The molecule has 2 bridgehead atoms. The third-order valence-corrected chi connectivity index (χ3v) is 6.38. The summed E-state index contributed by atoms with van der Waals surface area (Å²) in [5.74, 6) is 1.26. The Balaban J connectivity index is 1.58. The van der Waals surface area contributed by atoms with Crippen LogP contribution in [0.1, 0.15) is 36.8 Å². The molecule has 0 spiro atoms. The van der Waals surface area contributed by atoms with Crippen molar-refractivity contribution < 1.29 is 19.0 Å². The Labute approximate surface area is 178 Å². The summed E-state index contributed by atoms with van der Waals surface area (Å²) in [6.45, 7) is 0. The van der Waals surface area contributed by atoms with E-state index in [1.54, 1.807) is 14.2 Å². The quantitative estimate of drug-likeness (QED) is 0.403. The zero-order valence-electron chi connectivity index (χ0n) is 17.8. The van der Waals surface area contributed by atoms with E-state index in [9.17, 15) is 4.79 Å². The molecular formula is C25H29NO4. The van der Waals surface area contributed by atoms with Gasteiger partial charge in [0, 0.05) is 24.9 Å².